The van der Waals surface area contributed by atoms with E-state index in [1.807, 2.05) is 13.0 Å². The van der Waals surface area contributed by atoms with Gasteiger partial charge in [0.2, 0.25) is 0 Å². The van der Waals surface area contributed by atoms with Gasteiger partial charge in [0.1, 0.15) is 5.82 Å². The SMILES string of the molecule is Cc1cc(F)ccc1CN1CCN(c2cn[nH]c(=O)c2C2CC2)CC1. The molecular formula is C19H23FN4O. The molecule has 0 spiro atoms. The highest BCUT2D eigenvalue weighted by Gasteiger charge is 2.31. The molecule has 1 aliphatic carbocycles. The number of benzene rings is 1. The van der Waals surface area contributed by atoms with E-state index in [4.69, 9.17) is 0 Å². The van der Waals surface area contributed by atoms with E-state index in [1.165, 1.54) is 11.6 Å². The minimum absolute atomic E-state index is 0.0376. The third-order valence-electron chi connectivity index (χ3n) is 5.27. The molecule has 1 N–H and O–H groups in total. The lowest BCUT2D eigenvalue weighted by Gasteiger charge is -2.36. The summed E-state index contributed by atoms with van der Waals surface area (Å²) >= 11 is 0. The number of halogens is 1. The molecule has 0 bridgehead atoms. The molecule has 0 atom stereocenters. The fourth-order valence-electron chi connectivity index (χ4n) is 3.64. The molecule has 2 fully saturated rings. The maximum Gasteiger partial charge on any atom is 0.269 e. The lowest BCUT2D eigenvalue weighted by molar-refractivity contribution is 0.249. The van der Waals surface area contributed by atoms with Crippen molar-refractivity contribution in [2.75, 3.05) is 31.1 Å². The van der Waals surface area contributed by atoms with E-state index in [2.05, 4.69) is 20.0 Å². The van der Waals surface area contributed by atoms with Crippen LogP contribution < -0.4 is 10.5 Å². The Labute approximate surface area is 146 Å². The second-order valence-corrected chi connectivity index (χ2v) is 7.11. The van der Waals surface area contributed by atoms with Crippen LogP contribution in [-0.2, 0) is 6.54 Å². The molecule has 1 aromatic carbocycles. The van der Waals surface area contributed by atoms with Crippen molar-refractivity contribution < 1.29 is 4.39 Å². The summed E-state index contributed by atoms with van der Waals surface area (Å²) in [6.45, 7) is 6.40. The summed E-state index contributed by atoms with van der Waals surface area (Å²) in [6.07, 6.45) is 4.00. The molecule has 25 heavy (non-hydrogen) atoms. The maximum atomic E-state index is 13.3. The van der Waals surface area contributed by atoms with Crippen LogP contribution in [0.25, 0.3) is 0 Å². The molecular weight excluding hydrogens is 319 g/mol. The van der Waals surface area contributed by atoms with Crippen LogP contribution in [-0.4, -0.2) is 41.3 Å². The highest BCUT2D eigenvalue weighted by atomic mass is 19.1. The van der Waals surface area contributed by atoms with Crippen molar-refractivity contribution in [1.29, 1.82) is 0 Å². The number of anilines is 1. The number of hydrogen-bond acceptors (Lipinski definition) is 4. The van der Waals surface area contributed by atoms with Crippen LogP contribution >= 0.6 is 0 Å². The van der Waals surface area contributed by atoms with Crippen LogP contribution in [0, 0.1) is 12.7 Å². The molecule has 1 aromatic heterocycles. The minimum atomic E-state index is -0.180. The van der Waals surface area contributed by atoms with Crippen LogP contribution in [0.1, 0.15) is 35.4 Å². The van der Waals surface area contributed by atoms with E-state index in [9.17, 15) is 9.18 Å². The molecule has 0 amide bonds. The van der Waals surface area contributed by atoms with Gasteiger partial charge >= 0.3 is 0 Å². The fraction of sp³-hybridized carbons (Fsp3) is 0.474. The normalized spacial score (nSPS) is 18.6. The quantitative estimate of drug-likeness (QED) is 0.927. The molecule has 4 rings (SSSR count). The number of hydrogen-bond donors (Lipinski definition) is 1. The predicted molar refractivity (Wildman–Crippen MR) is 95.5 cm³/mol. The number of aryl methyl sites for hydroxylation is 1. The Morgan fingerprint density at radius 3 is 2.68 bits per heavy atom. The van der Waals surface area contributed by atoms with E-state index in [1.54, 1.807) is 12.3 Å². The highest BCUT2D eigenvalue weighted by molar-refractivity contribution is 5.54. The number of rotatable bonds is 4. The van der Waals surface area contributed by atoms with Gasteiger partial charge in [-0.05, 0) is 48.9 Å². The standard InChI is InChI=1S/C19H23FN4O/c1-13-10-16(20)5-4-15(13)12-23-6-8-24(9-7-23)17-11-21-22-19(25)18(17)14-2-3-14/h4-5,10-11,14H,2-3,6-9,12H2,1H3,(H,22,25). The van der Waals surface area contributed by atoms with Gasteiger partial charge in [-0.3, -0.25) is 9.69 Å². The average molecular weight is 342 g/mol. The Bertz CT molecular complexity index is 822. The van der Waals surface area contributed by atoms with Crippen molar-refractivity contribution >= 4 is 5.69 Å². The highest BCUT2D eigenvalue weighted by Crippen LogP contribution is 2.42. The topological polar surface area (TPSA) is 52.2 Å². The van der Waals surface area contributed by atoms with Gasteiger partial charge in [-0.25, -0.2) is 9.49 Å². The smallest absolute Gasteiger partial charge is 0.269 e. The molecule has 0 unspecified atom stereocenters. The summed E-state index contributed by atoms with van der Waals surface area (Å²) < 4.78 is 13.3. The average Bonchev–Trinajstić information content (AvgIpc) is 3.43. The molecule has 0 radical (unpaired) electrons. The van der Waals surface area contributed by atoms with Crippen molar-refractivity contribution in [3.63, 3.8) is 0 Å². The van der Waals surface area contributed by atoms with Gasteiger partial charge in [-0.2, -0.15) is 5.10 Å². The monoisotopic (exact) mass is 342 g/mol. The lowest BCUT2D eigenvalue weighted by Crippen LogP contribution is -2.46. The van der Waals surface area contributed by atoms with Crippen LogP contribution in [0.15, 0.2) is 29.2 Å². The maximum absolute atomic E-state index is 13.3. The molecule has 1 aliphatic heterocycles. The van der Waals surface area contributed by atoms with Crippen LogP contribution in [0.3, 0.4) is 0 Å². The number of nitrogens with zero attached hydrogens (tertiary/aromatic N) is 3. The van der Waals surface area contributed by atoms with Gasteiger partial charge in [0.05, 0.1) is 11.9 Å². The van der Waals surface area contributed by atoms with E-state index in [0.29, 0.717) is 5.92 Å². The minimum Gasteiger partial charge on any atom is -0.367 e. The summed E-state index contributed by atoms with van der Waals surface area (Å²) in [6, 6.07) is 5.00. The first-order valence-corrected chi connectivity index (χ1v) is 8.92. The van der Waals surface area contributed by atoms with Gasteiger partial charge in [0.15, 0.2) is 0 Å². The van der Waals surface area contributed by atoms with Gasteiger partial charge in [-0.15, -0.1) is 0 Å². The molecule has 1 saturated heterocycles. The van der Waals surface area contributed by atoms with E-state index in [0.717, 1.165) is 62.4 Å². The Morgan fingerprint density at radius 2 is 2.00 bits per heavy atom. The summed E-state index contributed by atoms with van der Waals surface area (Å²) in [5, 5.41) is 6.59. The number of piperazine rings is 1. The predicted octanol–water partition coefficient (Wildman–Crippen LogP) is 2.42. The zero-order chi connectivity index (χ0) is 17.4. The van der Waals surface area contributed by atoms with Crippen molar-refractivity contribution in [3.8, 4) is 0 Å². The van der Waals surface area contributed by atoms with Crippen molar-refractivity contribution in [2.24, 2.45) is 0 Å². The van der Waals surface area contributed by atoms with Gasteiger partial charge in [0, 0.05) is 38.3 Å². The third kappa shape index (κ3) is 3.44. The van der Waals surface area contributed by atoms with E-state index >= 15 is 0 Å². The molecule has 2 aromatic rings. The molecule has 132 valence electrons. The fourth-order valence-corrected chi connectivity index (χ4v) is 3.64. The van der Waals surface area contributed by atoms with Gasteiger partial charge in [-0.1, -0.05) is 6.07 Å². The number of aromatic nitrogens is 2. The number of H-pyrrole nitrogens is 1. The van der Waals surface area contributed by atoms with E-state index < -0.39 is 0 Å². The number of aromatic amines is 1. The second-order valence-electron chi connectivity index (χ2n) is 7.11. The lowest BCUT2D eigenvalue weighted by atomic mass is 10.1. The molecule has 5 nitrogen and oxygen atoms in total. The van der Waals surface area contributed by atoms with Gasteiger partial charge < -0.3 is 4.90 Å². The summed E-state index contributed by atoms with van der Waals surface area (Å²) in [5.74, 6) is 0.224. The third-order valence-corrected chi connectivity index (χ3v) is 5.27. The largest absolute Gasteiger partial charge is 0.367 e. The Kier molecular flexibility index (Phi) is 4.29. The first-order chi connectivity index (χ1) is 12.1. The first kappa shape index (κ1) is 16.3. The van der Waals surface area contributed by atoms with Crippen molar-refractivity contribution in [1.82, 2.24) is 15.1 Å². The molecule has 2 heterocycles. The van der Waals surface area contributed by atoms with E-state index in [-0.39, 0.29) is 11.4 Å². The zero-order valence-electron chi connectivity index (χ0n) is 14.5. The molecule has 1 saturated carbocycles. The molecule has 6 heteroatoms. The van der Waals surface area contributed by atoms with Crippen LogP contribution in [0.5, 0.6) is 0 Å². The molecule has 2 aliphatic rings. The summed E-state index contributed by atoms with van der Waals surface area (Å²) in [4.78, 5) is 16.8. The summed E-state index contributed by atoms with van der Waals surface area (Å²) in [5.41, 5.74) is 4.05. The Balaban J connectivity index is 1.44. The van der Waals surface area contributed by atoms with Gasteiger partial charge in [0.25, 0.3) is 5.56 Å². The van der Waals surface area contributed by atoms with Crippen molar-refractivity contribution in [2.45, 2.75) is 32.2 Å². The summed E-state index contributed by atoms with van der Waals surface area (Å²) in [7, 11) is 0. The first-order valence-electron chi connectivity index (χ1n) is 8.92. The van der Waals surface area contributed by atoms with Crippen molar-refractivity contribution in [3.05, 3.63) is 57.3 Å². The second kappa shape index (κ2) is 6.59. The zero-order valence-corrected chi connectivity index (χ0v) is 14.5. The Morgan fingerprint density at radius 1 is 1.24 bits per heavy atom. The Hall–Kier alpha value is -2.21. The van der Waals surface area contributed by atoms with Crippen LogP contribution in [0.2, 0.25) is 0 Å². The van der Waals surface area contributed by atoms with Crippen LogP contribution in [0.4, 0.5) is 10.1 Å². The number of nitrogens with one attached hydrogen (secondary N) is 1.